The third-order valence-electron chi connectivity index (χ3n) is 2.88. The second-order valence-electron chi connectivity index (χ2n) is 6.09. The van der Waals surface area contributed by atoms with Crippen molar-refractivity contribution in [2.45, 2.75) is 57.5 Å². The Labute approximate surface area is 107 Å². The topological polar surface area (TPSA) is 18.5 Å². The quantitative estimate of drug-likeness (QED) is 0.391. The first-order valence-electron chi connectivity index (χ1n) is 6.92. The zero-order chi connectivity index (χ0) is 12.6. The van der Waals surface area contributed by atoms with E-state index < -0.39 is 8.07 Å². The van der Waals surface area contributed by atoms with E-state index in [1.807, 2.05) is 0 Å². The lowest BCUT2D eigenvalue weighted by molar-refractivity contribution is -0.0502. The lowest BCUT2D eigenvalue weighted by Gasteiger charge is -2.22. The molecule has 0 amide bonds. The van der Waals surface area contributed by atoms with Crippen LogP contribution in [0.3, 0.4) is 0 Å². The van der Waals surface area contributed by atoms with E-state index in [4.69, 9.17) is 9.47 Å². The molecule has 0 spiro atoms. The third-order valence-corrected chi connectivity index (χ3v) is 4.34. The fourth-order valence-electron chi connectivity index (χ4n) is 1.85. The Hall–Kier alpha value is -0.123. The maximum Gasteiger partial charge on any atom is 0.0809 e. The summed E-state index contributed by atoms with van der Waals surface area (Å²) in [6.45, 7) is 9.81. The molecule has 0 bridgehead atoms. The summed E-state index contributed by atoms with van der Waals surface area (Å²) in [5, 5.41) is 0. The molecule has 0 aromatic rings. The second kappa shape index (κ2) is 8.06. The molecular weight excluding hydrogens is 228 g/mol. The standard InChI is InChI=1S/C14H28O2Si/c1-17(2,3)12-7-5-4-6-11-16-14-9-8-10-15-13-14/h5,7,14H,4,6,8-13H2,1-3H3/b7-5-. The summed E-state index contributed by atoms with van der Waals surface area (Å²) < 4.78 is 11.2. The number of hydrogen-bond donors (Lipinski definition) is 0. The van der Waals surface area contributed by atoms with Gasteiger partial charge in [-0.1, -0.05) is 31.8 Å². The first-order chi connectivity index (χ1) is 8.08. The molecule has 0 aromatic heterocycles. The third kappa shape index (κ3) is 8.58. The fourth-order valence-corrected chi connectivity index (χ4v) is 2.72. The van der Waals surface area contributed by atoms with Gasteiger partial charge in [0.2, 0.25) is 0 Å². The SMILES string of the molecule is C[Si](C)(C)C/C=C\CCCOC1CCCOC1. The van der Waals surface area contributed by atoms with Crippen molar-refractivity contribution in [1.82, 2.24) is 0 Å². The van der Waals surface area contributed by atoms with Gasteiger partial charge in [-0.25, -0.2) is 0 Å². The molecule has 1 fully saturated rings. The number of allylic oxidation sites excluding steroid dienone is 2. The van der Waals surface area contributed by atoms with Crippen LogP contribution in [0, 0.1) is 0 Å². The molecule has 17 heavy (non-hydrogen) atoms. The molecule has 1 heterocycles. The number of unbranched alkanes of at least 4 members (excludes halogenated alkanes) is 1. The van der Waals surface area contributed by atoms with Gasteiger partial charge in [0.15, 0.2) is 0 Å². The lowest BCUT2D eigenvalue weighted by atomic mass is 10.2. The van der Waals surface area contributed by atoms with Gasteiger partial charge >= 0.3 is 0 Å². The van der Waals surface area contributed by atoms with E-state index in [1.54, 1.807) is 0 Å². The highest BCUT2D eigenvalue weighted by Gasteiger charge is 2.13. The molecule has 0 aromatic carbocycles. The molecule has 1 rings (SSSR count). The van der Waals surface area contributed by atoms with Crippen LogP contribution in [0.1, 0.15) is 25.7 Å². The van der Waals surface area contributed by atoms with Crippen LogP contribution in [0.25, 0.3) is 0 Å². The van der Waals surface area contributed by atoms with Crippen molar-refractivity contribution in [3.05, 3.63) is 12.2 Å². The average Bonchev–Trinajstić information content (AvgIpc) is 2.28. The van der Waals surface area contributed by atoms with Gasteiger partial charge in [0.25, 0.3) is 0 Å². The minimum atomic E-state index is -0.887. The molecule has 0 saturated carbocycles. The number of hydrogen-bond acceptors (Lipinski definition) is 2. The number of ether oxygens (including phenoxy) is 2. The summed E-state index contributed by atoms with van der Waals surface area (Å²) in [5.74, 6) is 0. The van der Waals surface area contributed by atoms with Crippen molar-refractivity contribution in [2.75, 3.05) is 19.8 Å². The van der Waals surface area contributed by atoms with Gasteiger partial charge in [0, 0.05) is 21.3 Å². The van der Waals surface area contributed by atoms with E-state index >= 15 is 0 Å². The Bertz CT molecular complexity index is 215. The van der Waals surface area contributed by atoms with Crippen LogP contribution < -0.4 is 0 Å². The first kappa shape index (κ1) is 14.9. The van der Waals surface area contributed by atoms with Gasteiger partial charge in [-0.3, -0.25) is 0 Å². The first-order valence-corrected chi connectivity index (χ1v) is 10.6. The molecule has 1 unspecified atom stereocenters. The van der Waals surface area contributed by atoms with Crippen LogP contribution in [-0.4, -0.2) is 34.0 Å². The molecular formula is C14H28O2Si. The average molecular weight is 256 g/mol. The van der Waals surface area contributed by atoms with Gasteiger partial charge in [-0.05, 0) is 31.7 Å². The van der Waals surface area contributed by atoms with Gasteiger partial charge in [-0.15, -0.1) is 0 Å². The summed E-state index contributed by atoms with van der Waals surface area (Å²) in [5.41, 5.74) is 0. The number of rotatable bonds is 7. The van der Waals surface area contributed by atoms with Crippen LogP contribution in [0.15, 0.2) is 12.2 Å². The van der Waals surface area contributed by atoms with Crippen LogP contribution in [0.2, 0.25) is 25.7 Å². The zero-order valence-electron chi connectivity index (χ0n) is 11.7. The van der Waals surface area contributed by atoms with Crippen LogP contribution in [0.5, 0.6) is 0 Å². The molecule has 2 nitrogen and oxygen atoms in total. The Morgan fingerprint density at radius 3 is 2.76 bits per heavy atom. The van der Waals surface area contributed by atoms with Gasteiger partial charge < -0.3 is 9.47 Å². The molecule has 3 heteroatoms. The predicted octanol–water partition coefficient (Wildman–Crippen LogP) is 3.86. The Morgan fingerprint density at radius 1 is 1.29 bits per heavy atom. The van der Waals surface area contributed by atoms with Crippen molar-refractivity contribution < 1.29 is 9.47 Å². The van der Waals surface area contributed by atoms with Crippen LogP contribution in [-0.2, 0) is 9.47 Å². The molecule has 1 saturated heterocycles. The normalized spacial score (nSPS) is 22.2. The fraction of sp³-hybridized carbons (Fsp3) is 0.857. The minimum Gasteiger partial charge on any atom is -0.379 e. The molecule has 0 aliphatic carbocycles. The highest BCUT2D eigenvalue weighted by molar-refractivity contribution is 6.76. The molecule has 1 aliphatic heterocycles. The summed E-state index contributed by atoms with van der Waals surface area (Å²) >= 11 is 0. The predicted molar refractivity (Wildman–Crippen MR) is 76.3 cm³/mol. The van der Waals surface area contributed by atoms with E-state index in [2.05, 4.69) is 31.8 Å². The van der Waals surface area contributed by atoms with Crippen molar-refractivity contribution in [1.29, 1.82) is 0 Å². The Morgan fingerprint density at radius 2 is 2.12 bits per heavy atom. The van der Waals surface area contributed by atoms with Crippen molar-refractivity contribution in [2.24, 2.45) is 0 Å². The molecule has 1 atom stereocenters. The van der Waals surface area contributed by atoms with Crippen molar-refractivity contribution in [3.63, 3.8) is 0 Å². The monoisotopic (exact) mass is 256 g/mol. The second-order valence-corrected chi connectivity index (χ2v) is 11.6. The van der Waals surface area contributed by atoms with Crippen LogP contribution >= 0.6 is 0 Å². The molecule has 0 radical (unpaired) electrons. The smallest absolute Gasteiger partial charge is 0.0809 e. The van der Waals surface area contributed by atoms with E-state index in [0.29, 0.717) is 6.10 Å². The largest absolute Gasteiger partial charge is 0.379 e. The highest BCUT2D eigenvalue weighted by atomic mass is 28.3. The summed E-state index contributed by atoms with van der Waals surface area (Å²) in [4.78, 5) is 0. The Kier molecular flexibility index (Phi) is 7.08. The van der Waals surface area contributed by atoms with E-state index in [1.165, 1.54) is 12.5 Å². The lowest BCUT2D eigenvalue weighted by Crippen LogP contribution is -2.25. The van der Waals surface area contributed by atoms with E-state index in [9.17, 15) is 0 Å². The Balaban J connectivity index is 1.93. The minimum absolute atomic E-state index is 0.356. The maximum absolute atomic E-state index is 5.78. The van der Waals surface area contributed by atoms with E-state index in [0.717, 1.165) is 39.1 Å². The van der Waals surface area contributed by atoms with Gasteiger partial charge in [0.1, 0.15) is 0 Å². The summed E-state index contributed by atoms with van der Waals surface area (Å²) in [6.07, 6.45) is 9.65. The molecule has 0 N–H and O–H groups in total. The van der Waals surface area contributed by atoms with Crippen LogP contribution in [0.4, 0.5) is 0 Å². The highest BCUT2D eigenvalue weighted by Crippen LogP contribution is 2.11. The maximum atomic E-state index is 5.78. The summed E-state index contributed by atoms with van der Waals surface area (Å²) in [7, 11) is -0.887. The van der Waals surface area contributed by atoms with Crippen molar-refractivity contribution >= 4 is 8.07 Å². The molecule has 100 valence electrons. The van der Waals surface area contributed by atoms with Crippen molar-refractivity contribution in [3.8, 4) is 0 Å². The summed E-state index contributed by atoms with van der Waals surface area (Å²) in [6, 6.07) is 1.30. The van der Waals surface area contributed by atoms with E-state index in [-0.39, 0.29) is 0 Å². The van der Waals surface area contributed by atoms with Gasteiger partial charge in [-0.2, -0.15) is 0 Å². The van der Waals surface area contributed by atoms with Gasteiger partial charge in [0.05, 0.1) is 12.7 Å². The zero-order valence-corrected chi connectivity index (χ0v) is 12.7. The molecule has 1 aliphatic rings.